The molecular weight excluding hydrogens is 332 g/mol. The van der Waals surface area contributed by atoms with Crippen molar-refractivity contribution in [3.05, 3.63) is 52.5 Å². The molecule has 6 heteroatoms. The summed E-state index contributed by atoms with van der Waals surface area (Å²) in [6.07, 6.45) is 0. The van der Waals surface area contributed by atoms with Crippen molar-refractivity contribution < 1.29 is 9.21 Å². The van der Waals surface area contributed by atoms with Crippen LogP contribution in [0.5, 0.6) is 0 Å². The number of hydrogen-bond donors (Lipinski definition) is 1. The van der Waals surface area contributed by atoms with Crippen molar-refractivity contribution in [1.29, 1.82) is 0 Å². The number of oxazole rings is 1. The summed E-state index contributed by atoms with van der Waals surface area (Å²) in [5.41, 5.74) is 4.16. The highest BCUT2D eigenvalue weighted by molar-refractivity contribution is 7.99. The van der Waals surface area contributed by atoms with Crippen LogP contribution in [0.25, 0.3) is 11.1 Å². The number of nitrogens with zero attached hydrogens (tertiary/aromatic N) is 1. The molecule has 0 spiro atoms. The van der Waals surface area contributed by atoms with Gasteiger partial charge in [0.25, 0.3) is 5.22 Å². The van der Waals surface area contributed by atoms with Gasteiger partial charge < -0.3 is 9.73 Å². The summed E-state index contributed by atoms with van der Waals surface area (Å²) >= 11 is 7.45. The van der Waals surface area contributed by atoms with E-state index in [9.17, 15) is 4.79 Å². The number of amides is 1. The zero-order chi connectivity index (χ0) is 16.4. The third-order valence-corrected chi connectivity index (χ3v) is 4.42. The molecule has 0 radical (unpaired) electrons. The number of thioether (sulfide) groups is 1. The van der Waals surface area contributed by atoms with Gasteiger partial charge in [0.1, 0.15) is 5.52 Å². The molecular formula is C17H15ClN2O2S. The Labute approximate surface area is 143 Å². The molecule has 118 valence electrons. The zero-order valence-electron chi connectivity index (χ0n) is 12.7. The molecule has 0 aliphatic carbocycles. The fourth-order valence-electron chi connectivity index (χ4n) is 2.29. The lowest BCUT2D eigenvalue weighted by molar-refractivity contribution is -0.113. The second-order valence-electron chi connectivity index (χ2n) is 5.22. The van der Waals surface area contributed by atoms with Gasteiger partial charge in [-0.05, 0) is 43.2 Å². The molecule has 0 fully saturated rings. The molecule has 3 rings (SSSR count). The summed E-state index contributed by atoms with van der Waals surface area (Å²) in [5.74, 6) is 0.0577. The smallest absolute Gasteiger partial charge is 0.257 e. The van der Waals surface area contributed by atoms with Crippen LogP contribution in [0.4, 0.5) is 5.69 Å². The van der Waals surface area contributed by atoms with Crippen LogP contribution < -0.4 is 5.32 Å². The number of benzene rings is 2. The predicted octanol–water partition coefficient (Wildman–Crippen LogP) is 4.83. The Balaban J connectivity index is 1.66. The van der Waals surface area contributed by atoms with Gasteiger partial charge in [-0.1, -0.05) is 41.6 Å². The van der Waals surface area contributed by atoms with E-state index in [-0.39, 0.29) is 11.7 Å². The van der Waals surface area contributed by atoms with Gasteiger partial charge in [0, 0.05) is 0 Å². The van der Waals surface area contributed by atoms with Gasteiger partial charge in [0.2, 0.25) is 5.91 Å². The molecule has 23 heavy (non-hydrogen) atoms. The van der Waals surface area contributed by atoms with Crippen molar-refractivity contribution in [2.24, 2.45) is 0 Å². The minimum Gasteiger partial charge on any atom is -0.431 e. The van der Waals surface area contributed by atoms with Crippen molar-refractivity contribution >= 4 is 46.1 Å². The maximum absolute atomic E-state index is 12.1. The topological polar surface area (TPSA) is 55.1 Å². The van der Waals surface area contributed by atoms with E-state index in [2.05, 4.69) is 10.3 Å². The van der Waals surface area contributed by atoms with Gasteiger partial charge in [-0.3, -0.25) is 4.79 Å². The Morgan fingerprint density at radius 1 is 1.30 bits per heavy atom. The number of carbonyl (C=O) groups is 1. The molecule has 4 nitrogen and oxygen atoms in total. The van der Waals surface area contributed by atoms with Crippen molar-refractivity contribution in [3.8, 4) is 0 Å². The second-order valence-corrected chi connectivity index (χ2v) is 6.56. The van der Waals surface area contributed by atoms with Crippen LogP contribution in [-0.2, 0) is 4.79 Å². The molecule has 1 aromatic heterocycles. The highest BCUT2D eigenvalue weighted by Gasteiger charge is 2.12. The normalized spacial score (nSPS) is 10.9. The summed E-state index contributed by atoms with van der Waals surface area (Å²) in [6.45, 7) is 3.88. The summed E-state index contributed by atoms with van der Waals surface area (Å²) in [6, 6.07) is 11.3. The third-order valence-electron chi connectivity index (χ3n) is 3.30. The fraction of sp³-hybridized carbons (Fsp3) is 0.176. The van der Waals surface area contributed by atoms with Gasteiger partial charge in [-0.15, -0.1) is 0 Å². The van der Waals surface area contributed by atoms with E-state index in [4.69, 9.17) is 16.0 Å². The monoisotopic (exact) mass is 346 g/mol. The number of rotatable bonds is 4. The number of fused-ring (bicyclic) bond motifs is 1. The largest absolute Gasteiger partial charge is 0.431 e. The van der Waals surface area contributed by atoms with Crippen LogP contribution in [0, 0.1) is 13.8 Å². The minimum absolute atomic E-state index is 0.147. The number of hydrogen-bond acceptors (Lipinski definition) is 4. The fourth-order valence-corrected chi connectivity index (χ4v) is 3.30. The summed E-state index contributed by atoms with van der Waals surface area (Å²) in [4.78, 5) is 16.5. The molecule has 0 aliphatic rings. The van der Waals surface area contributed by atoms with Gasteiger partial charge in [0.05, 0.1) is 16.5 Å². The van der Waals surface area contributed by atoms with Gasteiger partial charge in [-0.25, -0.2) is 4.98 Å². The lowest BCUT2D eigenvalue weighted by Crippen LogP contribution is -2.15. The van der Waals surface area contributed by atoms with Crippen LogP contribution in [0.2, 0.25) is 5.02 Å². The van der Waals surface area contributed by atoms with E-state index in [0.29, 0.717) is 21.5 Å². The van der Waals surface area contributed by atoms with E-state index in [1.807, 2.05) is 50.2 Å². The Kier molecular flexibility index (Phi) is 4.59. The maximum atomic E-state index is 12.1. The number of halogens is 1. The Hall–Kier alpha value is -1.98. The second kappa shape index (κ2) is 6.64. The molecule has 3 aromatic rings. The van der Waals surface area contributed by atoms with Crippen LogP contribution in [0.3, 0.4) is 0 Å². The molecule has 0 saturated carbocycles. The quantitative estimate of drug-likeness (QED) is 0.687. The van der Waals surface area contributed by atoms with Crippen molar-refractivity contribution in [1.82, 2.24) is 4.98 Å². The molecule has 0 atom stereocenters. The molecule has 1 N–H and O–H groups in total. The SMILES string of the molecule is Cc1cc(C)c(NC(=O)CSc2nc3ccccc3o2)c(Cl)c1. The van der Waals surface area contributed by atoms with Crippen molar-refractivity contribution in [2.45, 2.75) is 19.1 Å². The molecule has 0 bridgehead atoms. The number of para-hydroxylation sites is 2. The molecule has 2 aromatic carbocycles. The first-order valence-electron chi connectivity index (χ1n) is 7.08. The Morgan fingerprint density at radius 3 is 2.83 bits per heavy atom. The lowest BCUT2D eigenvalue weighted by atomic mass is 10.1. The van der Waals surface area contributed by atoms with Crippen LogP contribution in [0.1, 0.15) is 11.1 Å². The number of aryl methyl sites for hydroxylation is 2. The van der Waals surface area contributed by atoms with Crippen molar-refractivity contribution in [2.75, 3.05) is 11.1 Å². The van der Waals surface area contributed by atoms with Crippen LogP contribution in [-0.4, -0.2) is 16.6 Å². The highest BCUT2D eigenvalue weighted by Crippen LogP contribution is 2.28. The van der Waals surface area contributed by atoms with E-state index >= 15 is 0 Å². The molecule has 1 amide bonds. The van der Waals surface area contributed by atoms with Gasteiger partial charge >= 0.3 is 0 Å². The third kappa shape index (κ3) is 3.68. The molecule has 0 unspecified atom stereocenters. The Bertz CT molecular complexity index is 820. The maximum Gasteiger partial charge on any atom is 0.257 e. The highest BCUT2D eigenvalue weighted by atomic mass is 35.5. The molecule has 0 aliphatic heterocycles. The number of aromatic nitrogens is 1. The standard InChI is InChI=1S/C17H15ClN2O2S/c1-10-7-11(2)16(12(18)8-10)20-15(21)9-23-17-19-13-5-3-4-6-14(13)22-17/h3-8H,9H2,1-2H3,(H,20,21). The average molecular weight is 347 g/mol. The number of anilines is 1. The van der Waals surface area contributed by atoms with E-state index in [1.165, 1.54) is 11.8 Å². The van der Waals surface area contributed by atoms with Gasteiger partial charge in [0.15, 0.2) is 5.58 Å². The van der Waals surface area contributed by atoms with E-state index in [0.717, 1.165) is 16.6 Å². The Morgan fingerprint density at radius 2 is 2.09 bits per heavy atom. The van der Waals surface area contributed by atoms with E-state index in [1.54, 1.807) is 0 Å². The minimum atomic E-state index is -0.147. The first kappa shape index (κ1) is 15.9. The summed E-state index contributed by atoms with van der Waals surface area (Å²) < 4.78 is 5.58. The lowest BCUT2D eigenvalue weighted by Gasteiger charge is -2.11. The predicted molar refractivity (Wildman–Crippen MR) is 94.3 cm³/mol. The average Bonchev–Trinajstić information content (AvgIpc) is 2.91. The van der Waals surface area contributed by atoms with Crippen molar-refractivity contribution in [3.63, 3.8) is 0 Å². The zero-order valence-corrected chi connectivity index (χ0v) is 14.3. The van der Waals surface area contributed by atoms with Crippen LogP contribution >= 0.6 is 23.4 Å². The number of carbonyl (C=O) groups excluding carboxylic acids is 1. The molecule has 0 saturated heterocycles. The first-order valence-corrected chi connectivity index (χ1v) is 8.44. The summed E-state index contributed by atoms with van der Waals surface area (Å²) in [5, 5.41) is 3.87. The van der Waals surface area contributed by atoms with E-state index < -0.39 is 0 Å². The van der Waals surface area contributed by atoms with Crippen LogP contribution in [0.15, 0.2) is 46.0 Å². The van der Waals surface area contributed by atoms with Gasteiger partial charge in [-0.2, -0.15) is 0 Å². The molecule has 1 heterocycles. The first-order chi connectivity index (χ1) is 11.0. The summed E-state index contributed by atoms with van der Waals surface area (Å²) in [7, 11) is 0. The number of nitrogens with one attached hydrogen (secondary N) is 1.